The van der Waals surface area contributed by atoms with Gasteiger partial charge in [0.25, 0.3) is 0 Å². The predicted molar refractivity (Wildman–Crippen MR) is 68.2 cm³/mol. The summed E-state index contributed by atoms with van der Waals surface area (Å²) < 4.78 is 9.83. The van der Waals surface area contributed by atoms with Crippen LogP contribution in [0, 0.1) is 0 Å². The number of hydrogen-bond acceptors (Lipinski definition) is 5. The van der Waals surface area contributed by atoms with Crippen molar-refractivity contribution < 1.29 is 4.74 Å². The molecule has 0 saturated heterocycles. The third-order valence-electron chi connectivity index (χ3n) is 2.72. The molecule has 1 aromatic rings. The fraction of sp³-hybridized carbons (Fsp3) is 0.727. The van der Waals surface area contributed by atoms with E-state index in [2.05, 4.69) is 9.69 Å². The first-order valence-electron chi connectivity index (χ1n) is 5.85. The van der Waals surface area contributed by atoms with Crippen molar-refractivity contribution >= 4 is 22.4 Å². The number of nitrogens with one attached hydrogen (secondary N) is 1. The average Bonchev–Trinajstić information content (AvgIpc) is 2.82. The molecule has 1 aliphatic rings. The predicted octanol–water partition coefficient (Wildman–Crippen LogP) is 2.87. The second-order valence-corrected chi connectivity index (χ2v) is 5.29. The summed E-state index contributed by atoms with van der Waals surface area (Å²) in [6.45, 7) is 3.99. The van der Waals surface area contributed by atoms with Gasteiger partial charge in [-0.15, -0.1) is 0 Å². The van der Waals surface area contributed by atoms with E-state index in [1.54, 1.807) is 0 Å². The van der Waals surface area contributed by atoms with Crippen LogP contribution < -0.4 is 15.8 Å². The maximum Gasteiger partial charge on any atom is 0.197 e. The van der Waals surface area contributed by atoms with E-state index in [0.29, 0.717) is 11.9 Å². The van der Waals surface area contributed by atoms with Crippen LogP contribution >= 0.6 is 11.5 Å². The van der Waals surface area contributed by atoms with Gasteiger partial charge in [0, 0.05) is 6.04 Å². The fourth-order valence-electron chi connectivity index (χ4n) is 1.99. The minimum Gasteiger partial charge on any atom is -0.484 e. The standard InChI is InChI=1S/C11H19N3OS/c1-7(2)15-9-10(12)14-16-11(9)13-8-5-3-4-6-8/h7-8,13H,3-6H2,1-2H3,(H2,12,14). The quantitative estimate of drug-likeness (QED) is 0.851. The van der Waals surface area contributed by atoms with Gasteiger partial charge in [0.05, 0.1) is 6.10 Å². The molecular weight excluding hydrogens is 222 g/mol. The fourth-order valence-corrected chi connectivity index (χ4v) is 2.72. The van der Waals surface area contributed by atoms with Gasteiger partial charge in [0.1, 0.15) is 0 Å². The Morgan fingerprint density at radius 3 is 2.75 bits per heavy atom. The molecule has 1 aromatic heterocycles. The van der Waals surface area contributed by atoms with Crippen LogP contribution in [0.4, 0.5) is 10.8 Å². The number of anilines is 2. The number of nitrogens with zero attached hydrogens (tertiary/aromatic N) is 1. The van der Waals surface area contributed by atoms with E-state index in [1.165, 1.54) is 37.2 Å². The lowest BCUT2D eigenvalue weighted by Crippen LogP contribution is -2.15. The van der Waals surface area contributed by atoms with E-state index in [9.17, 15) is 0 Å². The van der Waals surface area contributed by atoms with E-state index in [-0.39, 0.29) is 6.10 Å². The Bertz CT molecular complexity index is 345. The van der Waals surface area contributed by atoms with Crippen molar-refractivity contribution in [2.75, 3.05) is 11.1 Å². The number of hydrogen-bond donors (Lipinski definition) is 2. The molecule has 0 atom stereocenters. The second kappa shape index (κ2) is 4.91. The summed E-state index contributed by atoms with van der Waals surface area (Å²) in [6.07, 6.45) is 5.22. The van der Waals surface area contributed by atoms with Crippen LogP contribution in [0.1, 0.15) is 39.5 Å². The summed E-state index contributed by atoms with van der Waals surface area (Å²) in [5.41, 5.74) is 5.80. The SMILES string of the molecule is CC(C)Oc1c(N)nsc1NC1CCCC1. The van der Waals surface area contributed by atoms with E-state index < -0.39 is 0 Å². The van der Waals surface area contributed by atoms with Crippen molar-refractivity contribution in [3.63, 3.8) is 0 Å². The molecule has 2 rings (SSSR count). The zero-order chi connectivity index (χ0) is 11.5. The van der Waals surface area contributed by atoms with Crippen molar-refractivity contribution in [2.45, 2.75) is 51.7 Å². The van der Waals surface area contributed by atoms with Crippen LogP contribution in [-0.4, -0.2) is 16.5 Å². The van der Waals surface area contributed by atoms with Crippen molar-refractivity contribution in [1.82, 2.24) is 4.37 Å². The maximum absolute atomic E-state index is 5.80. The van der Waals surface area contributed by atoms with Crippen LogP contribution in [0.5, 0.6) is 5.75 Å². The lowest BCUT2D eigenvalue weighted by Gasteiger charge is -2.15. The number of nitrogen functional groups attached to an aromatic ring is 1. The van der Waals surface area contributed by atoms with Gasteiger partial charge in [-0.3, -0.25) is 0 Å². The Morgan fingerprint density at radius 2 is 2.12 bits per heavy atom. The summed E-state index contributed by atoms with van der Waals surface area (Å²) in [6, 6.07) is 0.564. The van der Waals surface area contributed by atoms with Gasteiger partial charge >= 0.3 is 0 Å². The zero-order valence-electron chi connectivity index (χ0n) is 9.82. The van der Waals surface area contributed by atoms with Gasteiger partial charge in [-0.05, 0) is 38.2 Å². The van der Waals surface area contributed by atoms with Crippen molar-refractivity contribution in [2.24, 2.45) is 0 Å². The first-order valence-corrected chi connectivity index (χ1v) is 6.62. The summed E-state index contributed by atoms with van der Waals surface area (Å²) >= 11 is 1.39. The van der Waals surface area contributed by atoms with Gasteiger partial charge in [0.15, 0.2) is 16.6 Å². The van der Waals surface area contributed by atoms with Crippen LogP contribution in [0.3, 0.4) is 0 Å². The topological polar surface area (TPSA) is 60.2 Å². The third kappa shape index (κ3) is 2.58. The Kier molecular flexibility index (Phi) is 3.53. The molecule has 16 heavy (non-hydrogen) atoms. The van der Waals surface area contributed by atoms with Gasteiger partial charge < -0.3 is 15.8 Å². The highest BCUT2D eigenvalue weighted by Gasteiger charge is 2.20. The summed E-state index contributed by atoms with van der Waals surface area (Å²) in [5.74, 6) is 1.23. The van der Waals surface area contributed by atoms with Crippen LogP contribution in [-0.2, 0) is 0 Å². The molecule has 1 fully saturated rings. The van der Waals surface area contributed by atoms with Crippen LogP contribution in [0.25, 0.3) is 0 Å². The summed E-state index contributed by atoms with van der Waals surface area (Å²) in [7, 11) is 0. The molecule has 0 amide bonds. The van der Waals surface area contributed by atoms with Crippen LogP contribution in [0.2, 0.25) is 0 Å². The monoisotopic (exact) mass is 241 g/mol. The normalized spacial score (nSPS) is 16.9. The average molecular weight is 241 g/mol. The van der Waals surface area contributed by atoms with E-state index >= 15 is 0 Å². The van der Waals surface area contributed by atoms with Gasteiger partial charge in [-0.25, -0.2) is 0 Å². The summed E-state index contributed by atoms with van der Waals surface area (Å²) in [4.78, 5) is 0. The van der Waals surface area contributed by atoms with E-state index in [0.717, 1.165) is 10.8 Å². The number of ether oxygens (including phenoxy) is 1. The molecule has 0 unspecified atom stereocenters. The maximum atomic E-state index is 5.80. The Hall–Kier alpha value is -0.970. The number of aromatic nitrogens is 1. The van der Waals surface area contributed by atoms with Crippen molar-refractivity contribution in [3.05, 3.63) is 0 Å². The van der Waals surface area contributed by atoms with E-state index in [4.69, 9.17) is 10.5 Å². The summed E-state index contributed by atoms with van der Waals surface area (Å²) in [5, 5.41) is 4.47. The third-order valence-corrected chi connectivity index (χ3v) is 3.49. The Morgan fingerprint density at radius 1 is 1.44 bits per heavy atom. The highest BCUT2D eigenvalue weighted by atomic mass is 32.1. The van der Waals surface area contributed by atoms with Crippen molar-refractivity contribution in [3.8, 4) is 5.75 Å². The molecule has 0 bridgehead atoms. The van der Waals surface area contributed by atoms with Crippen molar-refractivity contribution in [1.29, 1.82) is 0 Å². The molecule has 4 nitrogen and oxygen atoms in total. The highest BCUT2D eigenvalue weighted by Crippen LogP contribution is 2.37. The number of rotatable bonds is 4. The first-order chi connectivity index (χ1) is 7.66. The molecular formula is C11H19N3OS. The molecule has 0 radical (unpaired) electrons. The minimum atomic E-state index is 0.128. The molecule has 0 aliphatic heterocycles. The molecule has 0 aromatic carbocycles. The van der Waals surface area contributed by atoms with Crippen LogP contribution in [0.15, 0.2) is 0 Å². The highest BCUT2D eigenvalue weighted by molar-refractivity contribution is 7.11. The second-order valence-electron chi connectivity index (χ2n) is 4.52. The van der Waals surface area contributed by atoms with Gasteiger partial charge in [0.2, 0.25) is 0 Å². The Balaban J connectivity index is 2.07. The lowest BCUT2D eigenvalue weighted by molar-refractivity contribution is 0.245. The first kappa shape index (κ1) is 11.5. The number of nitrogens with two attached hydrogens (primary N) is 1. The molecule has 1 heterocycles. The smallest absolute Gasteiger partial charge is 0.197 e. The zero-order valence-corrected chi connectivity index (χ0v) is 10.6. The molecule has 5 heteroatoms. The van der Waals surface area contributed by atoms with Gasteiger partial charge in [-0.1, -0.05) is 12.8 Å². The molecule has 0 spiro atoms. The molecule has 1 aliphatic carbocycles. The Labute approximate surface area is 100 Å². The lowest BCUT2D eigenvalue weighted by atomic mass is 10.2. The minimum absolute atomic E-state index is 0.128. The molecule has 3 N–H and O–H groups in total. The molecule has 1 saturated carbocycles. The largest absolute Gasteiger partial charge is 0.484 e. The van der Waals surface area contributed by atoms with Gasteiger partial charge in [-0.2, -0.15) is 4.37 Å². The van der Waals surface area contributed by atoms with E-state index in [1.807, 2.05) is 13.8 Å². The molecule has 90 valence electrons.